The number of hydrogen-bond donors (Lipinski definition) is 0. The first-order valence-corrected chi connectivity index (χ1v) is 10.8. The number of fused-ring (bicyclic) bond motifs is 6. The molecule has 0 unspecified atom stereocenters. The van der Waals surface area contributed by atoms with Gasteiger partial charge in [-0.25, -0.2) is 0 Å². The van der Waals surface area contributed by atoms with Gasteiger partial charge in [-0.05, 0) is 76.1 Å². The summed E-state index contributed by atoms with van der Waals surface area (Å²) in [7, 11) is 0. The fourth-order valence-corrected chi connectivity index (χ4v) is 4.53. The zero-order valence-electron chi connectivity index (χ0n) is 22.9. The molecule has 2 nitrogen and oxygen atoms in total. The van der Waals surface area contributed by atoms with Gasteiger partial charge in [0.05, 0.1) is 5.69 Å². The van der Waals surface area contributed by atoms with E-state index in [-0.39, 0.29) is 11.1 Å². The number of furan rings is 1. The third-order valence-electron chi connectivity index (χ3n) is 5.99. The minimum atomic E-state index is -2.47. The van der Waals surface area contributed by atoms with E-state index >= 15 is 0 Å². The van der Waals surface area contributed by atoms with Gasteiger partial charge in [-0.15, -0.1) is 0 Å². The van der Waals surface area contributed by atoms with Crippen LogP contribution >= 0.6 is 0 Å². The van der Waals surface area contributed by atoms with E-state index in [1.54, 1.807) is 19.9 Å². The van der Waals surface area contributed by atoms with Crippen molar-refractivity contribution in [1.29, 1.82) is 0 Å². The summed E-state index contributed by atoms with van der Waals surface area (Å²) in [6.45, 7) is 1.02. The van der Waals surface area contributed by atoms with E-state index in [2.05, 4.69) is 41.4 Å². The Bertz CT molecular complexity index is 1830. The molecule has 2 heteroatoms. The fourth-order valence-electron chi connectivity index (χ4n) is 4.53. The Morgan fingerprint density at radius 3 is 2.59 bits per heavy atom. The molecule has 0 saturated heterocycles. The average molecular weight is 421 g/mol. The maximum atomic E-state index is 8.67. The Morgan fingerprint density at radius 2 is 1.72 bits per heavy atom. The van der Waals surface area contributed by atoms with Gasteiger partial charge in [0.15, 0.2) is 0 Å². The van der Waals surface area contributed by atoms with E-state index in [1.807, 2.05) is 30.3 Å². The van der Waals surface area contributed by atoms with Crippen molar-refractivity contribution in [2.45, 2.75) is 27.1 Å². The standard InChI is InChI=1S/C30H25NO/c1-18(2)13-22-15-28(31-17-19(22)3)25-10-6-9-24-27-14-21-12-11-20-7-4-5-8-23(20)26(21)16-29(27)32-30(24)25/h4-12,14-18H,13H2,1-3H3/i3D3,13D2. The zero-order valence-corrected chi connectivity index (χ0v) is 17.9. The van der Waals surface area contributed by atoms with Gasteiger partial charge in [0.2, 0.25) is 0 Å². The van der Waals surface area contributed by atoms with Crippen molar-refractivity contribution < 1.29 is 11.3 Å². The van der Waals surface area contributed by atoms with Crippen LogP contribution in [0.25, 0.3) is 54.7 Å². The highest BCUT2D eigenvalue weighted by molar-refractivity contribution is 6.17. The number of benzene rings is 4. The largest absolute Gasteiger partial charge is 0.455 e. The maximum Gasteiger partial charge on any atom is 0.144 e. The average Bonchev–Trinajstić information content (AvgIpc) is 3.24. The zero-order chi connectivity index (χ0) is 26.1. The smallest absolute Gasteiger partial charge is 0.144 e. The SMILES string of the molecule is [2H]C([2H])([2H])c1cnc(-c2cccc3c2oc2cc4c(ccc5ccccc54)cc23)cc1C([2H])([2H])C(C)C. The highest BCUT2D eigenvalue weighted by Crippen LogP contribution is 2.38. The second kappa shape index (κ2) is 7.20. The number of nitrogens with zero attached hydrogens (tertiary/aromatic N) is 1. The van der Waals surface area contributed by atoms with Crippen LogP contribution in [-0.2, 0) is 6.37 Å². The molecular formula is C30H25NO. The first-order valence-electron chi connectivity index (χ1n) is 13.3. The van der Waals surface area contributed by atoms with E-state index in [4.69, 9.17) is 11.3 Å². The lowest BCUT2D eigenvalue weighted by Crippen LogP contribution is -1.99. The second-order valence-corrected chi connectivity index (χ2v) is 8.55. The molecule has 0 radical (unpaired) electrons. The molecule has 2 heterocycles. The van der Waals surface area contributed by atoms with Crippen LogP contribution in [-0.4, -0.2) is 4.98 Å². The molecule has 0 atom stereocenters. The molecule has 4 aromatic carbocycles. The van der Waals surface area contributed by atoms with Gasteiger partial charge in [-0.1, -0.05) is 62.4 Å². The van der Waals surface area contributed by atoms with Crippen molar-refractivity contribution in [1.82, 2.24) is 4.98 Å². The summed E-state index contributed by atoms with van der Waals surface area (Å²) in [6.07, 6.45) is -0.554. The quantitative estimate of drug-likeness (QED) is 0.268. The molecule has 0 N–H and O–H groups in total. The van der Waals surface area contributed by atoms with E-state index in [1.165, 1.54) is 6.20 Å². The lowest BCUT2D eigenvalue weighted by atomic mass is 9.97. The van der Waals surface area contributed by atoms with Crippen LogP contribution in [0, 0.1) is 12.8 Å². The van der Waals surface area contributed by atoms with Gasteiger partial charge >= 0.3 is 0 Å². The van der Waals surface area contributed by atoms with Gasteiger partial charge in [0.1, 0.15) is 11.2 Å². The summed E-state index contributed by atoms with van der Waals surface area (Å²) in [5.41, 5.74) is 2.64. The van der Waals surface area contributed by atoms with E-state index in [9.17, 15) is 0 Å². The Kier molecular flexibility index (Phi) is 3.25. The van der Waals surface area contributed by atoms with E-state index in [0.29, 0.717) is 16.8 Å². The van der Waals surface area contributed by atoms with Gasteiger partial charge in [-0.3, -0.25) is 4.98 Å². The van der Waals surface area contributed by atoms with E-state index in [0.717, 1.165) is 37.9 Å². The third kappa shape index (κ3) is 2.98. The number of rotatable bonds is 3. The summed E-state index contributed by atoms with van der Waals surface area (Å²) in [6, 6.07) is 24.1. The minimum absolute atomic E-state index is 0.0649. The lowest BCUT2D eigenvalue weighted by Gasteiger charge is -2.10. The second-order valence-electron chi connectivity index (χ2n) is 8.55. The van der Waals surface area contributed by atoms with Crippen molar-refractivity contribution in [3.8, 4) is 11.3 Å². The van der Waals surface area contributed by atoms with Gasteiger partial charge in [0.25, 0.3) is 0 Å². The molecule has 0 saturated carbocycles. The summed E-state index contributed by atoms with van der Waals surface area (Å²) in [5.74, 6) is -0.423. The molecule has 0 amide bonds. The topological polar surface area (TPSA) is 26.0 Å². The van der Waals surface area contributed by atoms with Crippen LogP contribution in [0.5, 0.6) is 0 Å². The van der Waals surface area contributed by atoms with Crippen LogP contribution in [0.1, 0.15) is 31.8 Å². The summed E-state index contributed by atoms with van der Waals surface area (Å²) < 4.78 is 47.6. The highest BCUT2D eigenvalue weighted by atomic mass is 16.3. The molecule has 6 rings (SSSR count). The molecule has 0 aliphatic rings. The monoisotopic (exact) mass is 420 g/mol. The summed E-state index contributed by atoms with van der Waals surface area (Å²) in [4.78, 5) is 4.48. The van der Waals surface area contributed by atoms with Crippen molar-refractivity contribution in [3.63, 3.8) is 0 Å². The Hall–Kier alpha value is -3.65. The predicted octanol–water partition coefficient (Wildman–Crippen LogP) is 8.46. The molecular weight excluding hydrogens is 390 g/mol. The highest BCUT2D eigenvalue weighted by Gasteiger charge is 2.15. The van der Waals surface area contributed by atoms with Gasteiger partial charge < -0.3 is 4.42 Å². The van der Waals surface area contributed by atoms with Crippen LogP contribution < -0.4 is 0 Å². The summed E-state index contributed by atoms with van der Waals surface area (Å²) >= 11 is 0. The Balaban J connectivity index is 1.61. The maximum absolute atomic E-state index is 8.67. The first-order chi connectivity index (χ1) is 17.6. The van der Waals surface area contributed by atoms with Crippen LogP contribution in [0.4, 0.5) is 0 Å². The van der Waals surface area contributed by atoms with Crippen LogP contribution in [0.2, 0.25) is 0 Å². The minimum Gasteiger partial charge on any atom is -0.455 e. The van der Waals surface area contributed by atoms with Crippen molar-refractivity contribution >= 4 is 43.5 Å². The normalized spacial score (nSPS) is 15.2. The molecule has 0 fully saturated rings. The van der Waals surface area contributed by atoms with Crippen LogP contribution in [0.15, 0.2) is 83.4 Å². The predicted molar refractivity (Wildman–Crippen MR) is 135 cm³/mol. The molecule has 32 heavy (non-hydrogen) atoms. The number of pyridine rings is 1. The summed E-state index contributed by atoms with van der Waals surface area (Å²) in [5, 5.41) is 6.46. The van der Waals surface area contributed by atoms with Gasteiger partial charge in [-0.2, -0.15) is 0 Å². The number of hydrogen-bond acceptors (Lipinski definition) is 2. The van der Waals surface area contributed by atoms with Crippen molar-refractivity contribution in [3.05, 3.63) is 90.1 Å². The first kappa shape index (κ1) is 14.4. The molecule has 6 aromatic rings. The molecule has 0 bridgehead atoms. The number of aryl methyl sites for hydroxylation is 1. The molecule has 156 valence electrons. The third-order valence-corrected chi connectivity index (χ3v) is 5.99. The molecule has 0 spiro atoms. The lowest BCUT2D eigenvalue weighted by molar-refractivity contribution is 0.644. The van der Waals surface area contributed by atoms with Crippen molar-refractivity contribution in [2.24, 2.45) is 5.92 Å². The molecule has 0 aliphatic carbocycles. The van der Waals surface area contributed by atoms with Crippen molar-refractivity contribution in [2.75, 3.05) is 0 Å². The fraction of sp³-hybridized carbons (Fsp3) is 0.167. The van der Waals surface area contributed by atoms with E-state index < -0.39 is 19.1 Å². The Morgan fingerprint density at radius 1 is 0.875 bits per heavy atom. The Labute approximate surface area is 194 Å². The number of para-hydroxylation sites is 1. The molecule has 2 aromatic heterocycles. The number of aromatic nitrogens is 1. The van der Waals surface area contributed by atoms with Crippen LogP contribution in [0.3, 0.4) is 0 Å². The molecule has 0 aliphatic heterocycles. The van der Waals surface area contributed by atoms with Gasteiger partial charge in [0, 0.05) is 29.4 Å².